The third kappa shape index (κ3) is 5.40. The molecular weight excluding hydrogens is 340 g/mol. The largest absolute Gasteiger partial charge is 0.383 e. The minimum Gasteiger partial charge on any atom is -0.383 e. The molecule has 146 valence electrons. The zero-order valence-electron chi connectivity index (χ0n) is 16.9. The number of hydrogen-bond donors (Lipinski definition) is 2. The van der Waals surface area contributed by atoms with Crippen molar-refractivity contribution in [1.29, 1.82) is 0 Å². The van der Waals surface area contributed by atoms with Crippen molar-refractivity contribution in [2.24, 2.45) is 7.05 Å². The lowest BCUT2D eigenvalue weighted by atomic mass is 10.0. The van der Waals surface area contributed by atoms with Gasteiger partial charge in [0.25, 0.3) is 0 Å². The average molecular weight is 371 g/mol. The second kappa shape index (κ2) is 10.5. The van der Waals surface area contributed by atoms with Gasteiger partial charge in [0.05, 0.1) is 18.2 Å². The van der Waals surface area contributed by atoms with E-state index < -0.39 is 0 Å². The number of nitrogens with one attached hydrogen (secondary N) is 2. The first-order chi connectivity index (χ1) is 13.2. The van der Waals surface area contributed by atoms with Gasteiger partial charge in [-0.1, -0.05) is 51.1 Å². The molecule has 0 radical (unpaired) electrons. The van der Waals surface area contributed by atoms with Crippen LogP contribution >= 0.6 is 0 Å². The number of fused-ring (bicyclic) bond motifs is 1. The van der Waals surface area contributed by atoms with E-state index in [4.69, 9.17) is 4.74 Å². The second-order valence-electron chi connectivity index (χ2n) is 6.01. The Kier molecular flexibility index (Phi) is 8.00. The minimum atomic E-state index is 0.358. The lowest BCUT2D eigenvalue weighted by molar-refractivity contribution is 0.210. The highest BCUT2D eigenvalue weighted by molar-refractivity contribution is 5.87. The molecule has 2 aromatic heterocycles. The van der Waals surface area contributed by atoms with Crippen LogP contribution < -0.4 is 10.6 Å². The van der Waals surface area contributed by atoms with Crippen molar-refractivity contribution in [1.82, 2.24) is 19.7 Å². The number of aryl methyl sites for hydroxylation is 1. The summed E-state index contributed by atoms with van der Waals surface area (Å²) >= 11 is 0. The third-order valence-electron chi connectivity index (χ3n) is 4.13. The zero-order chi connectivity index (χ0) is 19.6. The molecule has 0 amide bonds. The van der Waals surface area contributed by atoms with Crippen molar-refractivity contribution in [3.8, 4) is 0 Å². The van der Waals surface area contributed by atoms with Gasteiger partial charge in [-0.3, -0.25) is 4.68 Å². The van der Waals surface area contributed by atoms with Gasteiger partial charge in [-0.05, 0) is 11.5 Å². The summed E-state index contributed by atoms with van der Waals surface area (Å²) in [5, 5.41) is 11.8. The summed E-state index contributed by atoms with van der Waals surface area (Å²) in [5.41, 5.74) is 2.08. The molecule has 0 saturated heterocycles. The lowest BCUT2D eigenvalue weighted by Crippen LogP contribution is -2.14. The first-order valence-corrected chi connectivity index (χ1v) is 9.40. The van der Waals surface area contributed by atoms with E-state index in [-0.39, 0.29) is 0 Å². The predicted molar refractivity (Wildman–Crippen MR) is 111 cm³/mol. The number of anilines is 2. The molecule has 1 unspecified atom stereocenters. The molecule has 7 nitrogen and oxygen atoms in total. The van der Waals surface area contributed by atoms with Gasteiger partial charge >= 0.3 is 0 Å². The zero-order valence-corrected chi connectivity index (χ0v) is 16.9. The van der Waals surface area contributed by atoms with Gasteiger partial charge in [0, 0.05) is 27.2 Å². The quantitative estimate of drug-likeness (QED) is 0.589. The molecule has 0 spiro atoms. The number of ether oxygens (including phenoxy) is 1. The molecule has 1 atom stereocenters. The fraction of sp³-hybridized carbons (Fsp3) is 0.450. The molecule has 0 saturated carbocycles. The summed E-state index contributed by atoms with van der Waals surface area (Å²) in [6, 6.07) is 10.4. The number of benzene rings is 1. The highest BCUT2D eigenvalue weighted by atomic mass is 16.5. The van der Waals surface area contributed by atoms with Crippen molar-refractivity contribution in [3.63, 3.8) is 0 Å². The maximum Gasteiger partial charge on any atom is 0.226 e. The number of hydrogen-bond acceptors (Lipinski definition) is 6. The third-order valence-corrected chi connectivity index (χ3v) is 4.13. The topological polar surface area (TPSA) is 76.9 Å². The van der Waals surface area contributed by atoms with Gasteiger partial charge in [0.15, 0.2) is 5.65 Å². The van der Waals surface area contributed by atoms with Crippen LogP contribution in [0, 0.1) is 0 Å². The Bertz CT molecular complexity index is 818. The Labute approximate surface area is 161 Å². The number of nitrogens with zero attached hydrogens (tertiary/aromatic N) is 4. The fourth-order valence-corrected chi connectivity index (χ4v) is 2.65. The molecule has 0 aliphatic carbocycles. The predicted octanol–water partition coefficient (Wildman–Crippen LogP) is 3.66. The SMILES string of the molecule is CC.COCCNc1nc(NCC(C)c2ccccc2)nc2c1cnn2C. The number of methoxy groups -OCH3 is 1. The molecule has 7 heteroatoms. The van der Waals surface area contributed by atoms with Gasteiger partial charge < -0.3 is 15.4 Å². The molecule has 1 aromatic carbocycles. The van der Waals surface area contributed by atoms with Crippen molar-refractivity contribution in [2.75, 3.05) is 37.4 Å². The smallest absolute Gasteiger partial charge is 0.226 e. The normalized spacial score (nSPS) is 11.6. The van der Waals surface area contributed by atoms with E-state index >= 15 is 0 Å². The molecular formula is C20H30N6O. The first kappa shape index (κ1) is 20.6. The van der Waals surface area contributed by atoms with Crippen LogP contribution in [0.4, 0.5) is 11.8 Å². The Hall–Kier alpha value is -2.67. The van der Waals surface area contributed by atoms with Crippen LogP contribution in [0.15, 0.2) is 36.5 Å². The summed E-state index contributed by atoms with van der Waals surface area (Å²) in [6.07, 6.45) is 1.78. The lowest BCUT2D eigenvalue weighted by Gasteiger charge is -2.14. The van der Waals surface area contributed by atoms with Crippen molar-refractivity contribution >= 4 is 22.8 Å². The van der Waals surface area contributed by atoms with Gasteiger partial charge in [-0.25, -0.2) is 0 Å². The van der Waals surface area contributed by atoms with E-state index in [9.17, 15) is 0 Å². The van der Waals surface area contributed by atoms with Crippen LogP contribution in [0.3, 0.4) is 0 Å². The van der Waals surface area contributed by atoms with Crippen LogP contribution in [-0.2, 0) is 11.8 Å². The van der Waals surface area contributed by atoms with Crippen molar-refractivity contribution < 1.29 is 4.74 Å². The molecule has 0 aliphatic rings. The summed E-state index contributed by atoms with van der Waals surface area (Å²) < 4.78 is 6.85. The van der Waals surface area contributed by atoms with Gasteiger partial charge in [-0.2, -0.15) is 15.1 Å². The Balaban J connectivity index is 0.00000126. The summed E-state index contributed by atoms with van der Waals surface area (Å²) in [4.78, 5) is 9.21. The van der Waals surface area contributed by atoms with Crippen LogP contribution in [0.1, 0.15) is 32.3 Å². The standard InChI is InChI=1S/C18H24N6O.C2H6/c1-13(14-7-5-4-6-8-14)11-20-18-22-16(19-9-10-25-3)15-12-21-24(2)17(15)23-18;1-2/h4-8,12-13H,9-11H2,1-3H3,(H2,19,20,22,23);1-2H3. The fourth-order valence-electron chi connectivity index (χ4n) is 2.65. The van der Waals surface area contributed by atoms with Gasteiger partial charge in [0.1, 0.15) is 5.82 Å². The second-order valence-corrected chi connectivity index (χ2v) is 6.01. The van der Waals surface area contributed by atoms with Crippen molar-refractivity contribution in [3.05, 3.63) is 42.1 Å². The van der Waals surface area contributed by atoms with E-state index in [2.05, 4.69) is 56.9 Å². The van der Waals surface area contributed by atoms with Crippen LogP contribution in [0.2, 0.25) is 0 Å². The molecule has 2 heterocycles. The van der Waals surface area contributed by atoms with Crippen molar-refractivity contribution in [2.45, 2.75) is 26.7 Å². The van der Waals surface area contributed by atoms with Crippen LogP contribution in [0.5, 0.6) is 0 Å². The molecule has 0 bridgehead atoms. The summed E-state index contributed by atoms with van der Waals surface area (Å²) in [7, 11) is 3.56. The van der Waals surface area contributed by atoms with E-state index in [1.54, 1.807) is 18.0 Å². The Morgan fingerprint density at radius 2 is 1.85 bits per heavy atom. The molecule has 3 aromatic rings. The number of rotatable bonds is 8. The molecule has 27 heavy (non-hydrogen) atoms. The van der Waals surface area contributed by atoms with E-state index in [1.165, 1.54) is 5.56 Å². The Morgan fingerprint density at radius 1 is 1.11 bits per heavy atom. The Morgan fingerprint density at radius 3 is 2.56 bits per heavy atom. The maximum absolute atomic E-state index is 5.10. The van der Waals surface area contributed by atoms with Gasteiger partial charge in [0.2, 0.25) is 5.95 Å². The van der Waals surface area contributed by atoms with E-state index in [1.807, 2.05) is 27.0 Å². The number of aromatic nitrogens is 4. The average Bonchev–Trinajstić information content (AvgIpc) is 3.09. The van der Waals surface area contributed by atoms with Crippen LogP contribution in [-0.4, -0.2) is 46.6 Å². The van der Waals surface area contributed by atoms with E-state index in [0.29, 0.717) is 25.0 Å². The minimum absolute atomic E-state index is 0.358. The maximum atomic E-state index is 5.10. The van der Waals surface area contributed by atoms with Crippen LogP contribution in [0.25, 0.3) is 11.0 Å². The first-order valence-electron chi connectivity index (χ1n) is 9.40. The highest BCUT2D eigenvalue weighted by Crippen LogP contribution is 2.22. The highest BCUT2D eigenvalue weighted by Gasteiger charge is 2.12. The monoisotopic (exact) mass is 370 g/mol. The summed E-state index contributed by atoms with van der Waals surface area (Å²) in [6.45, 7) is 8.23. The molecule has 2 N–H and O–H groups in total. The summed E-state index contributed by atoms with van der Waals surface area (Å²) in [5.74, 6) is 1.72. The molecule has 3 rings (SSSR count). The van der Waals surface area contributed by atoms with Gasteiger partial charge in [-0.15, -0.1) is 0 Å². The van der Waals surface area contributed by atoms with E-state index in [0.717, 1.165) is 23.4 Å². The molecule has 0 aliphatic heterocycles. The molecule has 0 fully saturated rings.